The van der Waals surface area contributed by atoms with Gasteiger partial charge in [-0.2, -0.15) is 5.26 Å². The van der Waals surface area contributed by atoms with Gasteiger partial charge in [0.15, 0.2) is 15.8 Å². The van der Waals surface area contributed by atoms with Crippen molar-refractivity contribution in [1.82, 2.24) is 4.98 Å². The second-order valence-corrected chi connectivity index (χ2v) is 10.4. The Morgan fingerprint density at radius 2 is 2.03 bits per heavy atom. The fourth-order valence-electron chi connectivity index (χ4n) is 3.06. The lowest BCUT2D eigenvalue weighted by atomic mass is 10.2. The van der Waals surface area contributed by atoms with E-state index in [4.69, 9.17) is 9.47 Å². The number of fused-ring (bicyclic) bond motifs is 1. The van der Waals surface area contributed by atoms with E-state index < -0.39 is 4.92 Å². The van der Waals surface area contributed by atoms with Crippen LogP contribution in [0.3, 0.4) is 0 Å². The number of nitro groups is 1. The summed E-state index contributed by atoms with van der Waals surface area (Å²) in [6.45, 7) is 0.233. The Kier molecular flexibility index (Phi) is 7.66. The van der Waals surface area contributed by atoms with Gasteiger partial charge >= 0.3 is 0 Å². The van der Waals surface area contributed by atoms with Crippen molar-refractivity contribution in [1.29, 1.82) is 5.26 Å². The number of allylic oxidation sites excluding steroid dienone is 1. The van der Waals surface area contributed by atoms with E-state index in [-0.39, 0.29) is 12.3 Å². The first kappa shape index (κ1) is 24.0. The zero-order valence-electron chi connectivity index (χ0n) is 17.7. The second kappa shape index (κ2) is 10.9. The molecular formula is C24H16IN3O4S2. The lowest BCUT2D eigenvalue weighted by molar-refractivity contribution is -0.384. The summed E-state index contributed by atoms with van der Waals surface area (Å²) in [6.07, 6.45) is 1.79. The number of nitriles is 1. The minimum atomic E-state index is -0.437. The van der Waals surface area contributed by atoms with Crippen LogP contribution in [-0.4, -0.2) is 17.0 Å². The third kappa shape index (κ3) is 5.67. The standard InChI is InChI=1S/C24H16IN3O4S2/c1-31-21-12-16(10-18(13-26)33-24-27-20-4-2-3-5-22(20)34-24)11-19(25)23(21)32-14-15-6-8-17(9-7-15)28(29)30/h2-12H,14H2,1H3/b18-10+. The number of para-hydroxylation sites is 1. The summed E-state index contributed by atoms with van der Waals surface area (Å²) >= 11 is 5.04. The van der Waals surface area contributed by atoms with Crippen molar-refractivity contribution < 1.29 is 14.4 Å². The molecule has 0 radical (unpaired) electrons. The van der Waals surface area contributed by atoms with Gasteiger partial charge < -0.3 is 9.47 Å². The first-order chi connectivity index (χ1) is 16.5. The molecule has 3 aromatic carbocycles. The van der Waals surface area contributed by atoms with E-state index in [0.29, 0.717) is 16.4 Å². The van der Waals surface area contributed by atoms with Gasteiger partial charge in [0.25, 0.3) is 5.69 Å². The number of aromatic nitrogens is 1. The topological polar surface area (TPSA) is 98.3 Å². The predicted molar refractivity (Wildman–Crippen MR) is 142 cm³/mol. The monoisotopic (exact) mass is 601 g/mol. The van der Waals surface area contributed by atoms with Crippen LogP contribution < -0.4 is 9.47 Å². The first-order valence-corrected chi connectivity index (χ1v) is 12.6. The molecule has 34 heavy (non-hydrogen) atoms. The zero-order valence-corrected chi connectivity index (χ0v) is 21.5. The normalized spacial score (nSPS) is 11.3. The van der Waals surface area contributed by atoms with Crippen molar-refractivity contribution >= 4 is 67.7 Å². The minimum absolute atomic E-state index is 0.0315. The number of halogens is 1. The largest absolute Gasteiger partial charge is 0.493 e. The highest BCUT2D eigenvalue weighted by molar-refractivity contribution is 14.1. The van der Waals surface area contributed by atoms with E-state index in [2.05, 4.69) is 33.6 Å². The maximum absolute atomic E-state index is 10.8. The van der Waals surface area contributed by atoms with Crippen molar-refractivity contribution in [3.63, 3.8) is 0 Å². The van der Waals surface area contributed by atoms with Crippen molar-refractivity contribution in [3.05, 3.63) is 90.4 Å². The number of hydrogen-bond acceptors (Lipinski definition) is 8. The second-order valence-electron chi connectivity index (χ2n) is 6.92. The lowest BCUT2D eigenvalue weighted by Gasteiger charge is -2.14. The molecule has 10 heteroatoms. The molecule has 0 aliphatic carbocycles. The van der Waals surface area contributed by atoms with Crippen LogP contribution in [0.25, 0.3) is 16.3 Å². The van der Waals surface area contributed by atoms with Crippen LogP contribution in [0.2, 0.25) is 0 Å². The van der Waals surface area contributed by atoms with Gasteiger partial charge in [-0.15, -0.1) is 11.3 Å². The number of thioether (sulfide) groups is 1. The average molecular weight is 601 g/mol. The third-order valence-corrected chi connectivity index (χ3v) is 7.49. The number of nitrogens with zero attached hydrogens (tertiary/aromatic N) is 3. The molecule has 1 heterocycles. The maximum Gasteiger partial charge on any atom is 0.269 e. The fraction of sp³-hybridized carbons (Fsp3) is 0.0833. The van der Waals surface area contributed by atoms with E-state index in [1.807, 2.05) is 36.4 Å². The van der Waals surface area contributed by atoms with E-state index in [0.717, 1.165) is 29.3 Å². The molecule has 0 fully saturated rings. The first-order valence-electron chi connectivity index (χ1n) is 9.85. The highest BCUT2D eigenvalue weighted by Gasteiger charge is 2.14. The van der Waals surface area contributed by atoms with Crippen molar-refractivity contribution in [2.45, 2.75) is 10.9 Å². The van der Waals surface area contributed by atoms with Crippen LogP contribution in [-0.2, 0) is 6.61 Å². The van der Waals surface area contributed by atoms with Gasteiger partial charge in [0, 0.05) is 12.1 Å². The summed E-state index contributed by atoms with van der Waals surface area (Å²) in [5.41, 5.74) is 2.54. The van der Waals surface area contributed by atoms with Crippen molar-refractivity contribution in [2.24, 2.45) is 0 Å². The van der Waals surface area contributed by atoms with Crippen LogP contribution in [0.1, 0.15) is 11.1 Å². The van der Waals surface area contributed by atoms with Crippen LogP contribution in [0.4, 0.5) is 5.69 Å². The van der Waals surface area contributed by atoms with Crippen LogP contribution in [0.5, 0.6) is 11.5 Å². The number of rotatable bonds is 8. The van der Waals surface area contributed by atoms with E-state index in [9.17, 15) is 15.4 Å². The van der Waals surface area contributed by atoms with Crippen LogP contribution >= 0.6 is 45.7 Å². The van der Waals surface area contributed by atoms with Gasteiger partial charge in [0.05, 0.1) is 30.7 Å². The Labute approximate surface area is 217 Å². The Balaban J connectivity index is 1.53. The summed E-state index contributed by atoms with van der Waals surface area (Å²) in [6, 6.07) is 20.0. The molecule has 0 saturated carbocycles. The summed E-state index contributed by atoms with van der Waals surface area (Å²) in [5.74, 6) is 1.10. The molecule has 0 unspecified atom stereocenters. The number of hydrogen-bond donors (Lipinski definition) is 0. The lowest BCUT2D eigenvalue weighted by Crippen LogP contribution is -2.00. The zero-order chi connectivity index (χ0) is 24.1. The Morgan fingerprint density at radius 3 is 2.71 bits per heavy atom. The summed E-state index contributed by atoms with van der Waals surface area (Å²) < 4.78 is 14.2. The third-order valence-electron chi connectivity index (χ3n) is 4.66. The quantitative estimate of drug-likeness (QED) is 0.0702. The smallest absolute Gasteiger partial charge is 0.269 e. The number of ether oxygens (including phenoxy) is 2. The van der Waals surface area contributed by atoms with Gasteiger partial charge in [-0.1, -0.05) is 12.1 Å². The number of methoxy groups -OCH3 is 1. The van der Waals surface area contributed by atoms with Gasteiger partial charge in [-0.3, -0.25) is 10.1 Å². The number of non-ortho nitro benzene ring substituents is 1. The molecule has 170 valence electrons. The van der Waals surface area contributed by atoms with Crippen LogP contribution in [0.15, 0.2) is 69.9 Å². The molecule has 0 aliphatic heterocycles. The molecule has 7 nitrogen and oxygen atoms in total. The van der Waals surface area contributed by atoms with E-state index >= 15 is 0 Å². The molecule has 4 rings (SSSR count). The van der Waals surface area contributed by atoms with Crippen molar-refractivity contribution in [3.8, 4) is 17.6 Å². The van der Waals surface area contributed by atoms with Gasteiger partial charge in [-0.05, 0) is 88.0 Å². The summed E-state index contributed by atoms with van der Waals surface area (Å²) in [7, 11) is 1.55. The predicted octanol–water partition coefficient (Wildman–Crippen LogP) is 7.05. The van der Waals surface area contributed by atoms with Gasteiger partial charge in [-0.25, -0.2) is 4.98 Å². The fourth-order valence-corrected chi connectivity index (χ4v) is 5.81. The molecule has 1 aromatic heterocycles. The maximum atomic E-state index is 10.8. The molecule has 0 N–H and O–H groups in total. The molecule has 0 bridgehead atoms. The minimum Gasteiger partial charge on any atom is -0.493 e. The average Bonchev–Trinajstić information content (AvgIpc) is 3.25. The van der Waals surface area contributed by atoms with Gasteiger partial charge in [0.2, 0.25) is 0 Å². The van der Waals surface area contributed by atoms with Crippen LogP contribution in [0, 0.1) is 25.0 Å². The Morgan fingerprint density at radius 1 is 1.26 bits per heavy atom. The number of thiazole rings is 1. The van der Waals surface area contributed by atoms with E-state index in [1.54, 1.807) is 36.7 Å². The molecule has 0 atom stereocenters. The number of nitro benzene ring substituents is 1. The number of benzene rings is 3. The summed E-state index contributed by atoms with van der Waals surface area (Å²) in [5, 5.41) is 20.5. The Hall–Kier alpha value is -3.14. The van der Waals surface area contributed by atoms with Gasteiger partial charge in [0.1, 0.15) is 12.7 Å². The molecule has 0 spiro atoms. The molecule has 0 aliphatic rings. The summed E-state index contributed by atoms with van der Waals surface area (Å²) in [4.78, 5) is 15.5. The highest BCUT2D eigenvalue weighted by Crippen LogP contribution is 2.38. The van der Waals surface area contributed by atoms with E-state index in [1.165, 1.54) is 23.9 Å². The SMILES string of the molecule is COc1cc(/C=C(\C#N)Sc2nc3ccccc3s2)cc(I)c1OCc1ccc([N+](=O)[O-])cc1. The molecule has 0 amide bonds. The Bertz CT molecular complexity index is 1400. The molecule has 4 aromatic rings. The molecular weight excluding hydrogens is 585 g/mol. The highest BCUT2D eigenvalue weighted by atomic mass is 127. The van der Waals surface area contributed by atoms with Crippen molar-refractivity contribution in [2.75, 3.05) is 7.11 Å². The molecule has 0 saturated heterocycles.